The Hall–Kier alpha value is -6.50. The van der Waals surface area contributed by atoms with Gasteiger partial charge in [-0.05, 0) is 134 Å². The Balaban J connectivity index is 1.20. The van der Waals surface area contributed by atoms with E-state index in [0.29, 0.717) is 0 Å². The summed E-state index contributed by atoms with van der Waals surface area (Å²) in [5, 5.41) is 13.0. The zero-order valence-electron chi connectivity index (χ0n) is 27.8. The van der Waals surface area contributed by atoms with Crippen LogP contribution in [-0.4, -0.2) is 0 Å². The highest BCUT2D eigenvalue weighted by Crippen LogP contribution is 2.64. The minimum atomic E-state index is -0.432. The molecule has 2 aliphatic carbocycles. The van der Waals surface area contributed by atoms with Gasteiger partial charge in [0.25, 0.3) is 0 Å². The van der Waals surface area contributed by atoms with Crippen LogP contribution >= 0.6 is 0 Å². The van der Waals surface area contributed by atoms with E-state index in [4.69, 9.17) is 0 Å². The van der Waals surface area contributed by atoms with Gasteiger partial charge < -0.3 is 0 Å². The summed E-state index contributed by atoms with van der Waals surface area (Å²) >= 11 is 0. The lowest BCUT2D eigenvalue weighted by molar-refractivity contribution is 0.795. The maximum Gasteiger partial charge on any atom is 0.0725 e. The molecule has 2 aliphatic rings. The molecule has 1 atom stereocenters. The van der Waals surface area contributed by atoms with Crippen molar-refractivity contribution in [1.82, 2.24) is 0 Å². The van der Waals surface area contributed by atoms with Gasteiger partial charge in [-0.25, -0.2) is 0 Å². The van der Waals surface area contributed by atoms with Crippen LogP contribution in [-0.2, 0) is 5.41 Å². The summed E-state index contributed by atoms with van der Waals surface area (Å²) < 4.78 is 0. The number of fused-ring (bicyclic) bond motifs is 19. The first-order valence-corrected chi connectivity index (χ1v) is 17.9. The minimum Gasteiger partial charge on any atom is -0.0619 e. The number of hydrogen-bond acceptors (Lipinski definition) is 0. The summed E-state index contributed by atoms with van der Waals surface area (Å²) in [6.07, 6.45) is 0. The molecule has 10 aromatic carbocycles. The van der Waals surface area contributed by atoms with Gasteiger partial charge in [0.05, 0.1) is 5.41 Å². The molecule has 0 fully saturated rings. The van der Waals surface area contributed by atoms with Crippen molar-refractivity contribution in [3.63, 3.8) is 0 Å². The number of hydrogen-bond donors (Lipinski definition) is 0. The molecule has 0 aromatic heterocycles. The molecule has 0 aliphatic heterocycles. The van der Waals surface area contributed by atoms with E-state index in [1.165, 1.54) is 109 Å². The molecule has 1 spiro atoms. The Morgan fingerprint density at radius 3 is 1.39 bits per heavy atom. The molecule has 0 amide bonds. The Labute approximate surface area is 295 Å². The summed E-state index contributed by atoms with van der Waals surface area (Å²) in [7, 11) is 0. The molecule has 0 N–H and O–H groups in total. The van der Waals surface area contributed by atoms with Crippen molar-refractivity contribution >= 4 is 53.9 Å². The van der Waals surface area contributed by atoms with Gasteiger partial charge >= 0.3 is 0 Å². The van der Waals surface area contributed by atoms with Crippen LogP contribution in [0.1, 0.15) is 22.3 Å². The van der Waals surface area contributed by atoms with Crippen molar-refractivity contribution in [3.05, 3.63) is 204 Å². The van der Waals surface area contributed by atoms with Gasteiger partial charge in [-0.2, -0.15) is 0 Å². The topological polar surface area (TPSA) is 0 Å². The largest absolute Gasteiger partial charge is 0.0725 e. The molecule has 0 heterocycles. The second-order valence-electron chi connectivity index (χ2n) is 14.4. The molecular formula is C51H30. The maximum absolute atomic E-state index is 2.56. The van der Waals surface area contributed by atoms with Crippen molar-refractivity contribution in [2.45, 2.75) is 5.41 Å². The lowest BCUT2D eigenvalue weighted by atomic mass is 9.70. The van der Waals surface area contributed by atoms with Crippen molar-refractivity contribution < 1.29 is 0 Å². The second kappa shape index (κ2) is 9.81. The fourth-order valence-electron chi connectivity index (χ4n) is 9.90. The third kappa shape index (κ3) is 3.44. The SMILES string of the molecule is c1ccc2c(c1)-c1ccc(-c3ccc4ccc5ccccc5c4c3)cc1C21c2ccccc2-c2cc3c4ccccc4c4ccccc4c3cc21. The van der Waals surface area contributed by atoms with Gasteiger partial charge in [-0.1, -0.05) is 158 Å². The average Bonchev–Trinajstić information content (AvgIpc) is 3.66. The van der Waals surface area contributed by atoms with E-state index in [0.717, 1.165) is 0 Å². The monoisotopic (exact) mass is 642 g/mol. The van der Waals surface area contributed by atoms with E-state index in [1.54, 1.807) is 0 Å². The van der Waals surface area contributed by atoms with Crippen molar-refractivity contribution in [2.24, 2.45) is 0 Å². The highest BCUT2D eigenvalue weighted by Gasteiger charge is 2.51. The van der Waals surface area contributed by atoms with Crippen molar-refractivity contribution in [3.8, 4) is 33.4 Å². The maximum atomic E-state index is 2.56. The fraction of sp³-hybridized carbons (Fsp3) is 0.0196. The number of rotatable bonds is 1. The van der Waals surface area contributed by atoms with Gasteiger partial charge in [0, 0.05) is 0 Å². The molecule has 0 radical (unpaired) electrons. The van der Waals surface area contributed by atoms with Crippen LogP contribution in [0.15, 0.2) is 182 Å². The number of benzene rings is 10. The van der Waals surface area contributed by atoms with E-state index in [9.17, 15) is 0 Å². The summed E-state index contributed by atoms with van der Waals surface area (Å²) in [6, 6.07) is 68.7. The normalized spacial score (nSPS) is 15.5. The van der Waals surface area contributed by atoms with E-state index < -0.39 is 5.41 Å². The van der Waals surface area contributed by atoms with Gasteiger partial charge in [-0.3, -0.25) is 0 Å². The van der Waals surface area contributed by atoms with Crippen LogP contribution in [0.2, 0.25) is 0 Å². The molecule has 0 saturated heterocycles. The van der Waals surface area contributed by atoms with Crippen molar-refractivity contribution in [1.29, 1.82) is 0 Å². The molecule has 0 heteroatoms. The average molecular weight is 643 g/mol. The predicted octanol–water partition coefficient (Wildman–Crippen LogP) is 13.5. The molecular weight excluding hydrogens is 613 g/mol. The quantitative estimate of drug-likeness (QED) is 0.156. The highest BCUT2D eigenvalue weighted by atomic mass is 14.5. The van der Waals surface area contributed by atoms with E-state index in [1.807, 2.05) is 0 Å². The van der Waals surface area contributed by atoms with Crippen LogP contribution in [0.25, 0.3) is 87.2 Å². The van der Waals surface area contributed by atoms with Crippen LogP contribution < -0.4 is 0 Å². The van der Waals surface area contributed by atoms with Crippen LogP contribution in [0, 0.1) is 0 Å². The van der Waals surface area contributed by atoms with Gasteiger partial charge in [0.1, 0.15) is 0 Å². The fourth-order valence-corrected chi connectivity index (χ4v) is 9.90. The molecule has 12 rings (SSSR count). The van der Waals surface area contributed by atoms with Crippen LogP contribution in [0.4, 0.5) is 0 Å². The second-order valence-corrected chi connectivity index (χ2v) is 14.4. The van der Waals surface area contributed by atoms with E-state index in [-0.39, 0.29) is 0 Å². The zero-order chi connectivity index (χ0) is 33.3. The molecule has 0 bridgehead atoms. The van der Waals surface area contributed by atoms with Crippen LogP contribution in [0.3, 0.4) is 0 Å². The first-order valence-electron chi connectivity index (χ1n) is 17.9. The van der Waals surface area contributed by atoms with E-state index >= 15 is 0 Å². The van der Waals surface area contributed by atoms with Crippen LogP contribution in [0.5, 0.6) is 0 Å². The highest BCUT2D eigenvalue weighted by molar-refractivity contribution is 6.26. The summed E-state index contributed by atoms with van der Waals surface area (Å²) in [5.41, 5.74) is 12.9. The third-order valence-electron chi connectivity index (χ3n) is 12.0. The summed E-state index contributed by atoms with van der Waals surface area (Å²) in [5.74, 6) is 0. The Kier molecular flexibility index (Phi) is 5.26. The van der Waals surface area contributed by atoms with Gasteiger partial charge in [0.2, 0.25) is 0 Å². The lowest BCUT2D eigenvalue weighted by Crippen LogP contribution is -2.25. The minimum absolute atomic E-state index is 0.432. The first-order chi connectivity index (χ1) is 25.3. The Morgan fingerprint density at radius 1 is 0.235 bits per heavy atom. The summed E-state index contributed by atoms with van der Waals surface area (Å²) in [4.78, 5) is 0. The first kappa shape index (κ1) is 27.3. The molecule has 51 heavy (non-hydrogen) atoms. The lowest BCUT2D eigenvalue weighted by Gasteiger charge is -2.31. The standard InChI is InChI=1S/C51H30/c1-2-12-35-31(11-1)21-22-32-23-24-33(27-43(32)35)34-25-26-42-40-17-7-9-19-47(40)51(49(42)28-34)48-20-10-8-18-41(48)46-29-44-38-15-5-3-13-36(38)37-14-4-6-16-39(37)45(44)30-50(46)51/h1-30H. The molecule has 10 aromatic rings. The molecule has 1 unspecified atom stereocenters. The molecule has 0 saturated carbocycles. The third-order valence-corrected chi connectivity index (χ3v) is 12.0. The summed E-state index contributed by atoms with van der Waals surface area (Å²) in [6.45, 7) is 0. The Bertz CT molecular complexity index is 3140. The smallest absolute Gasteiger partial charge is 0.0619 e. The Morgan fingerprint density at radius 2 is 0.686 bits per heavy atom. The van der Waals surface area contributed by atoms with E-state index in [2.05, 4.69) is 182 Å². The molecule has 234 valence electrons. The van der Waals surface area contributed by atoms with Gasteiger partial charge in [-0.15, -0.1) is 0 Å². The molecule has 0 nitrogen and oxygen atoms in total. The predicted molar refractivity (Wildman–Crippen MR) is 216 cm³/mol. The zero-order valence-corrected chi connectivity index (χ0v) is 27.8. The van der Waals surface area contributed by atoms with Gasteiger partial charge in [0.15, 0.2) is 0 Å². The van der Waals surface area contributed by atoms with Crippen molar-refractivity contribution in [2.75, 3.05) is 0 Å².